The smallest absolute Gasteiger partial charge is 0.240 e. The van der Waals surface area contributed by atoms with Crippen molar-refractivity contribution >= 4 is 27.5 Å². The molecule has 0 radical (unpaired) electrons. The second-order valence-electron chi connectivity index (χ2n) is 7.04. The van der Waals surface area contributed by atoms with Crippen LogP contribution in [0.5, 0.6) is 0 Å². The Morgan fingerprint density at radius 3 is 2.44 bits per heavy atom. The Kier molecular flexibility index (Phi) is 7.28. The highest BCUT2D eigenvalue weighted by molar-refractivity contribution is 7.88. The molecule has 0 saturated carbocycles. The fourth-order valence-corrected chi connectivity index (χ4v) is 4.74. The molecule has 2 rings (SSSR count). The molecule has 0 unspecified atom stereocenters. The molecule has 1 aromatic rings. The average molecular weight is 387 g/mol. The molecule has 0 spiro atoms. The van der Waals surface area contributed by atoms with E-state index in [4.69, 9.17) is 11.6 Å². The van der Waals surface area contributed by atoms with Gasteiger partial charge >= 0.3 is 0 Å². The van der Waals surface area contributed by atoms with Crippen LogP contribution in [0.25, 0.3) is 0 Å². The maximum absolute atomic E-state index is 12.8. The van der Waals surface area contributed by atoms with Gasteiger partial charge in [0.25, 0.3) is 0 Å². The lowest BCUT2D eigenvalue weighted by atomic mass is 10.0. The standard InChI is InChI=1S/C18H27ClN2O3S/c1-14(2)12-17(18(22)21-10-6-3-7-11-21)20-25(23,24)13-15-8-4-5-9-16(15)19/h4-5,8-9,14,17,20H,3,6-7,10-13H2,1-2H3/t17-/m0/s1. The van der Waals surface area contributed by atoms with E-state index in [1.807, 2.05) is 13.8 Å². The minimum Gasteiger partial charge on any atom is -0.341 e. The van der Waals surface area contributed by atoms with E-state index in [9.17, 15) is 13.2 Å². The van der Waals surface area contributed by atoms with Crippen molar-refractivity contribution in [3.8, 4) is 0 Å². The summed E-state index contributed by atoms with van der Waals surface area (Å²) in [5.41, 5.74) is 0.533. The van der Waals surface area contributed by atoms with Crippen LogP contribution in [0.3, 0.4) is 0 Å². The van der Waals surface area contributed by atoms with Crippen molar-refractivity contribution in [1.29, 1.82) is 0 Å². The summed E-state index contributed by atoms with van der Waals surface area (Å²) >= 11 is 6.07. The molecule has 7 heteroatoms. The Labute approximate surface area is 155 Å². The summed E-state index contributed by atoms with van der Waals surface area (Å²) in [7, 11) is -3.67. The van der Waals surface area contributed by atoms with Gasteiger partial charge in [-0.25, -0.2) is 13.1 Å². The van der Waals surface area contributed by atoms with Crippen LogP contribution in [0.1, 0.15) is 45.1 Å². The number of amides is 1. The number of rotatable bonds is 7. The van der Waals surface area contributed by atoms with Gasteiger partial charge in [-0.15, -0.1) is 0 Å². The molecule has 1 aliphatic heterocycles. The molecule has 1 atom stereocenters. The number of nitrogens with one attached hydrogen (secondary N) is 1. The number of likely N-dealkylation sites (tertiary alicyclic amines) is 1. The zero-order valence-electron chi connectivity index (χ0n) is 14.9. The van der Waals surface area contributed by atoms with Gasteiger partial charge in [-0.3, -0.25) is 4.79 Å². The Morgan fingerprint density at radius 1 is 1.20 bits per heavy atom. The monoisotopic (exact) mass is 386 g/mol. The zero-order chi connectivity index (χ0) is 18.4. The number of carbonyl (C=O) groups is 1. The van der Waals surface area contributed by atoms with Gasteiger partial charge in [0.2, 0.25) is 15.9 Å². The van der Waals surface area contributed by atoms with E-state index >= 15 is 0 Å². The second kappa shape index (κ2) is 9.01. The summed E-state index contributed by atoms with van der Waals surface area (Å²) in [4.78, 5) is 14.6. The van der Waals surface area contributed by atoms with Gasteiger partial charge < -0.3 is 4.90 Å². The lowest BCUT2D eigenvalue weighted by Gasteiger charge is -2.31. The first kappa shape index (κ1) is 20.2. The lowest BCUT2D eigenvalue weighted by molar-refractivity contribution is -0.134. The van der Waals surface area contributed by atoms with Crippen LogP contribution in [-0.2, 0) is 20.6 Å². The maximum Gasteiger partial charge on any atom is 0.240 e. The highest BCUT2D eigenvalue weighted by Crippen LogP contribution is 2.19. The first-order chi connectivity index (χ1) is 11.8. The molecule has 1 aliphatic rings. The first-order valence-electron chi connectivity index (χ1n) is 8.80. The molecule has 1 heterocycles. The van der Waals surface area contributed by atoms with Crippen LogP contribution >= 0.6 is 11.6 Å². The van der Waals surface area contributed by atoms with E-state index in [1.54, 1.807) is 29.2 Å². The number of sulfonamides is 1. The molecule has 1 fully saturated rings. The van der Waals surface area contributed by atoms with Crippen LogP contribution in [0.4, 0.5) is 0 Å². The minimum atomic E-state index is -3.67. The summed E-state index contributed by atoms with van der Waals surface area (Å²) in [5.74, 6) is -0.132. The van der Waals surface area contributed by atoms with Gasteiger partial charge in [-0.05, 0) is 43.2 Å². The molecule has 140 valence electrons. The predicted molar refractivity (Wildman–Crippen MR) is 101 cm³/mol. The first-order valence-corrected chi connectivity index (χ1v) is 10.8. The van der Waals surface area contributed by atoms with Crippen molar-refractivity contribution in [2.45, 2.75) is 51.3 Å². The summed E-state index contributed by atoms with van der Waals surface area (Å²) in [6.07, 6.45) is 3.56. The van der Waals surface area contributed by atoms with Crippen LogP contribution in [0.15, 0.2) is 24.3 Å². The third-order valence-corrected chi connectivity index (χ3v) is 6.00. The van der Waals surface area contributed by atoms with E-state index in [0.717, 1.165) is 19.3 Å². The SMILES string of the molecule is CC(C)C[C@H](NS(=O)(=O)Cc1ccccc1Cl)C(=O)N1CCCCC1. The van der Waals surface area contributed by atoms with Crippen molar-refractivity contribution in [1.82, 2.24) is 9.62 Å². The molecule has 1 aromatic carbocycles. The molecule has 0 bridgehead atoms. The molecule has 1 N–H and O–H groups in total. The lowest BCUT2D eigenvalue weighted by Crippen LogP contribution is -2.50. The van der Waals surface area contributed by atoms with Crippen molar-refractivity contribution in [3.05, 3.63) is 34.9 Å². The molecular weight excluding hydrogens is 360 g/mol. The number of hydrogen-bond donors (Lipinski definition) is 1. The fourth-order valence-electron chi connectivity index (χ4n) is 3.08. The number of benzene rings is 1. The molecule has 1 saturated heterocycles. The van der Waals surface area contributed by atoms with E-state index in [-0.39, 0.29) is 17.6 Å². The van der Waals surface area contributed by atoms with Gasteiger partial charge in [0, 0.05) is 18.1 Å². The Bertz CT molecular complexity index is 685. The zero-order valence-corrected chi connectivity index (χ0v) is 16.4. The summed E-state index contributed by atoms with van der Waals surface area (Å²) in [6.45, 7) is 5.39. The summed E-state index contributed by atoms with van der Waals surface area (Å²) in [6, 6.07) is 6.14. The Morgan fingerprint density at radius 2 is 1.84 bits per heavy atom. The largest absolute Gasteiger partial charge is 0.341 e. The van der Waals surface area contributed by atoms with Crippen LogP contribution in [-0.4, -0.2) is 38.4 Å². The number of hydrogen-bond acceptors (Lipinski definition) is 3. The molecule has 0 aromatic heterocycles. The van der Waals surface area contributed by atoms with E-state index in [0.29, 0.717) is 30.1 Å². The van der Waals surface area contributed by atoms with E-state index in [1.165, 1.54) is 0 Å². The Balaban J connectivity index is 2.11. The van der Waals surface area contributed by atoms with Crippen molar-refractivity contribution in [3.63, 3.8) is 0 Å². The third kappa shape index (κ3) is 6.28. The molecule has 5 nitrogen and oxygen atoms in total. The summed E-state index contributed by atoms with van der Waals surface area (Å²) in [5, 5.41) is 0.413. The number of carbonyl (C=O) groups excluding carboxylic acids is 1. The van der Waals surface area contributed by atoms with Crippen LogP contribution in [0.2, 0.25) is 5.02 Å². The van der Waals surface area contributed by atoms with Gasteiger partial charge in [0.15, 0.2) is 0 Å². The van der Waals surface area contributed by atoms with Crippen LogP contribution in [0, 0.1) is 5.92 Å². The van der Waals surface area contributed by atoms with Crippen molar-refractivity contribution in [2.75, 3.05) is 13.1 Å². The fraction of sp³-hybridized carbons (Fsp3) is 0.611. The topological polar surface area (TPSA) is 66.5 Å². The van der Waals surface area contributed by atoms with Crippen molar-refractivity contribution in [2.24, 2.45) is 5.92 Å². The second-order valence-corrected chi connectivity index (χ2v) is 9.20. The quantitative estimate of drug-likeness (QED) is 0.782. The summed E-state index contributed by atoms with van der Waals surface area (Å²) < 4.78 is 27.8. The molecule has 0 aliphatic carbocycles. The Hall–Kier alpha value is -1.11. The molecule has 1 amide bonds. The number of nitrogens with zero attached hydrogens (tertiary/aromatic N) is 1. The maximum atomic E-state index is 12.8. The molecular formula is C18H27ClN2O3S. The molecule has 25 heavy (non-hydrogen) atoms. The highest BCUT2D eigenvalue weighted by Gasteiger charge is 2.30. The van der Waals surface area contributed by atoms with Gasteiger partial charge in [-0.1, -0.05) is 43.6 Å². The highest BCUT2D eigenvalue weighted by atomic mass is 35.5. The minimum absolute atomic E-state index is 0.115. The van der Waals surface area contributed by atoms with E-state index in [2.05, 4.69) is 4.72 Å². The predicted octanol–water partition coefficient (Wildman–Crippen LogP) is 3.19. The van der Waals surface area contributed by atoms with Gasteiger partial charge in [0.1, 0.15) is 6.04 Å². The van der Waals surface area contributed by atoms with Gasteiger partial charge in [0.05, 0.1) is 5.75 Å². The normalized spacial score (nSPS) is 16.9. The average Bonchev–Trinajstić information content (AvgIpc) is 2.55. The van der Waals surface area contributed by atoms with Crippen LogP contribution < -0.4 is 4.72 Å². The number of piperidine rings is 1. The number of halogens is 1. The third-order valence-electron chi connectivity index (χ3n) is 4.30. The van der Waals surface area contributed by atoms with Crippen molar-refractivity contribution < 1.29 is 13.2 Å². The van der Waals surface area contributed by atoms with E-state index < -0.39 is 16.1 Å². The van der Waals surface area contributed by atoms with Gasteiger partial charge in [-0.2, -0.15) is 0 Å².